The molecule has 4 heteroatoms. The van der Waals surface area contributed by atoms with E-state index in [0.717, 1.165) is 45.1 Å². The minimum atomic E-state index is 0.337. The normalized spacial score (nSPS) is 19.9. The van der Waals surface area contributed by atoms with Crippen molar-refractivity contribution < 1.29 is 9.47 Å². The van der Waals surface area contributed by atoms with Crippen LogP contribution in [0.1, 0.15) is 26.3 Å². The van der Waals surface area contributed by atoms with Crippen LogP contribution in [0.4, 0.5) is 0 Å². The lowest BCUT2D eigenvalue weighted by Crippen LogP contribution is -2.42. The van der Waals surface area contributed by atoms with Crippen molar-refractivity contribution >= 4 is 0 Å². The summed E-state index contributed by atoms with van der Waals surface area (Å²) in [6, 6.07) is 8.84. The summed E-state index contributed by atoms with van der Waals surface area (Å²) in [6.45, 7) is 11.8. The Kier molecular flexibility index (Phi) is 6.49. The molecule has 1 aromatic rings. The molecule has 0 aromatic heterocycles. The van der Waals surface area contributed by atoms with Gasteiger partial charge in [-0.3, -0.25) is 4.90 Å². The van der Waals surface area contributed by atoms with Gasteiger partial charge in [0.1, 0.15) is 12.4 Å². The molecule has 2 rings (SSSR count). The van der Waals surface area contributed by atoms with Gasteiger partial charge in [-0.05, 0) is 24.6 Å². The Balaban J connectivity index is 1.73. The number of rotatable bonds is 7. The van der Waals surface area contributed by atoms with Gasteiger partial charge in [0.15, 0.2) is 0 Å². The molecule has 4 nitrogen and oxygen atoms in total. The molecule has 1 saturated heterocycles. The molecule has 1 unspecified atom stereocenters. The average molecular weight is 292 g/mol. The van der Waals surface area contributed by atoms with E-state index in [4.69, 9.17) is 9.47 Å². The molecule has 21 heavy (non-hydrogen) atoms. The van der Waals surface area contributed by atoms with Crippen molar-refractivity contribution in [1.29, 1.82) is 0 Å². The standard InChI is InChI=1S/C17H28N2O2/c1-14(2)18-12-16-5-4-6-17(11-16)21-10-8-19-7-9-20-15(3)13-19/h4-6,11,14-15,18H,7-10,12-13H2,1-3H3. The first-order chi connectivity index (χ1) is 10.1. The Hall–Kier alpha value is -1.10. The number of benzene rings is 1. The van der Waals surface area contributed by atoms with Gasteiger partial charge in [-0.1, -0.05) is 26.0 Å². The van der Waals surface area contributed by atoms with Crippen molar-refractivity contribution in [2.45, 2.75) is 39.5 Å². The van der Waals surface area contributed by atoms with Crippen LogP contribution < -0.4 is 10.1 Å². The predicted octanol–water partition coefficient (Wildman–Crippen LogP) is 2.28. The van der Waals surface area contributed by atoms with E-state index in [-0.39, 0.29) is 0 Å². The van der Waals surface area contributed by atoms with E-state index in [0.29, 0.717) is 12.1 Å². The highest BCUT2D eigenvalue weighted by atomic mass is 16.5. The maximum Gasteiger partial charge on any atom is 0.119 e. The lowest BCUT2D eigenvalue weighted by Gasteiger charge is -2.30. The van der Waals surface area contributed by atoms with Gasteiger partial charge in [0.25, 0.3) is 0 Å². The SMILES string of the molecule is CC(C)NCc1cccc(OCCN2CCOC(C)C2)c1. The number of hydrogen-bond donors (Lipinski definition) is 1. The molecule has 1 fully saturated rings. The molecule has 1 heterocycles. The van der Waals surface area contributed by atoms with Gasteiger partial charge in [-0.15, -0.1) is 0 Å². The van der Waals surface area contributed by atoms with Crippen molar-refractivity contribution in [3.63, 3.8) is 0 Å². The summed E-state index contributed by atoms with van der Waals surface area (Å²) < 4.78 is 11.4. The van der Waals surface area contributed by atoms with Crippen LogP contribution in [0, 0.1) is 0 Å². The van der Waals surface area contributed by atoms with E-state index in [1.807, 2.05) is 6.07 Å². The minimum absolute atomic E-state index is 0.337. The molecular formula is C17H28N2O2. The molecule has 1 atom stereocenters. The molecule has 1 aliphatic rings. The fourth-order valence-electron chi connectivity index (χ4n) is 2.45. The summed E-state index contributed by atoms with van der Waals surface area (Å²) in [4.78, 5) is 2.40. The maximum atomic E-state index is 5.88. The van der Waals surface area contributed by atoms with Gasteiger partial charge in [-0.2, -0.15) is 0 Å². The number of morpholine rings is 1. The van der Waals surface area contributed by atoms with Gasteiger partial charge in [0, 0.05) is 32.2 Å². The number of ether oxygens (including phenoxy) is 2. The smallest absolute Gasteiger partial charge is 0.119 e. The Morgan fingerprint density at radius 1 is 1.43 bits per heavy atom. The molecule has 118 valence electrons. The van der Waals surface area contributed by atoms with Crippen LogP contribution >= 0.6 is 0 Å². The highest BCUT2D eigenvalue weighted by Gasteiger charge is 2.15. The topological polar surface area (TPSA) is 33.7 Å². The first-order valence-electron chi connectivity index (χ1n) is 7.92. The fraction of sp³-hybridized carbons (Fsp3) is 0.647. The lowest BCUT2D eigenvalue weighted by atomic mass is 10.2. The second-order valence-electron chi connectivity index (χ2n) is 6.01. The van der Waals surface area contributed by atoms with Gasteiger partial charge >= 0.3 is 0 Å². The van der Waals surface area contributed by atoms with E-state index in [1.165, 1.54) is 5.56 Å². The quantitative estimate of drug-likeness (QED) is 0.836. The first-order valence-corrected chi connectivity index (χ1v) is 7.92. The summed E-state index contributed by atoms with van der Waals surface area (Å²) in [5.74, 6) is 0.958. The zero-order valence-electron chi connectivity index (χ0n) is 13.5. The van der Waals surface area contributed by atoms with Crippen molar-refractivity contribution in [3.05, 3.63) is 29.8 Å². The highest BCUT2D eigenvalue weighted by molar-refractivity contribution is 5.28. The molecule has 1 N–H and O–H groups in total. The van der Waals surface area contributed by atoms with E-state index < -0.39 is 0 Å². The van der Waals surface area contributed by atoms with Gasteiger partial charge in [0.05, 0.1) is 12.7 Å². The molecule has 0 aliphatic carbocycles. The van der Waals surface area contributed by atoms with E-state index in [9.17, 15) is 0 Å². The van der Waals surface area contributed by atoms with E-state index >= 15 is 0 Å². The summed E-state index contributed by atoms with van der Waals surface area (Å²) >= 11 is 0. The zero-order valence-corrected chi connectivity index (χ0v) is 13.5. The van der Waals surface area contributed by atoms with Crippen LogP contribution in [0.25, 0.3) is 0 Å². The lowest BCUT2D eigenvalue weighted by molar-refractivity contribution is -0.0214. The summed E-state index contributed by atoms with van der Waals surface area (Å²) in [5, 5.41) is 3.42. The van der Waals surface area contributed by atoms with Crippen molar-refractivity contribution in [3.8, 4) is 5.75 Å². The third-order valence-electron chi connectivity index (χ3n) is 3.61. The van der Waals surface area contributed by atoms with Gasteiger partial charge < -0.3 is 14.8 Å². The molecule has 1 aromatic carbocycles. The third kappa shape index (κ3) is 6.04. The number of nitrogens with one attached hydrogen (secondary N) is 1. The van der Waals surface area contributed by atoms with Crippen molar-refractivity contribution in [2.75, 3.05) is 32.8 Å². The Bertz CT molecular complexity index is 423. The van der Waals surface area contributed by atoms with Gasteiger partial charge in [-0.25, -0.2) is 0 Å². The third-order valence-corrected chi connectivity index (χ3v) is 3.61. The predicted molar refractivity (Wildman–Crippen MR) is 85.8 cm³/mol. The van der Waals surface area contributed by atoms with Crippen LogP contribution in [-0.2, 0) is 11.3 Å². The molecule has 1 aliphatic heterocycles. The van der Waals surface area contributed by atoms with E-state index in [2.05, 4.69) is 49.2 Å². The zero-order chi connectivity index (χ0) is 15.1. The molecule has 0 bridgehead atoms. The molecule has 0 spiro atoms. The first kappa shape index (κ1) is 16.3. The Labute approximate surface area is 128 Å². The van der Waals surface area contributed by atoms with Crippen molar-refractivity contribution in [1.82, 2.24) is 10.2 Å². The second-order valence-corrected chi connectivity index (χ2v) is 6.01. The molecule has 0 amide bonds. The van der Waals surface area contributed by atoms with Crippen LogP contribution in [0.2, 0.25) is 0 Å². The Morgan fingerprint density at radius 3 is 3.05 bits per heavy atom. The second kappa shape index (κ2) is 8.37. The van der Waals surface area contributed by atoms with Crippen LogP contribution in [0.3, 0.4) is 0 Å². The van der Waals surface area contributed by atoms with Crippen LogP contribution in [-0.4, -0.2) is 49.9 Å². The molecule has 0 radical (unpaired) electrons. The molecule has 0 saturated carbocycles. The number of nitrogens with zero attached hydrogens (tertiary/aromatic N) is 1. The highest BCUT2D eigenvalue weighted by Crippen LogP contribution is 2.13. The summed E-state index contributed by atoms with van der Waals surface area (Å²) in [7, 11) is 0. The fourth-order valence-corrected chi connectivity index (χ4v) is 2.45. The van der Waals surface area contributed by atoms with Gasteiger partial charge in [0.2, 0.25) is 0 Å². The Morgan fingerprint density at radius 2 is 2.29 bits per heavy atom. The largest absolute Gasteiger partial charge is 0.492 e. The summed E-state index contributed by atoms with van der Waals surface area (Å²) in [6.07, 6.45) is 0.337. The number of hydrogen-bond acceptors (Lipinski definition) is 4. The van der Waals surface area contributed by atoms with E-state index in [1.54, 1.807) is 0 Å². The minimum Gasteiger partial charge on any atom is -0.492 e. The van der Waals surface area contributed by atoms with Crippen LogP contribution in [0.15, 0.2) is 24.3 Å². The monoisotopic (exact) mass is 292 g/mol. The van der Waals surface area contributed by atoms with Crippen molar-refractivity contribution in [2.24, 2.45) is 0 Å². The van der Waals surface area contributed by atoms with Crippen LogP contribution in [0.5, 0.6) is 5.75 Å². The maximum absolute atomic E-state index is 5.88. The average Bonchev–Trinajstić information content (AvgIpc) is 2.46. The molecular weight excluding hydrogens is 264 g/mol. The summed E-state index contributed by atoms with van der Waals surface area (Å²) in [5.41, 5.74) is 1.26.